The molecule has 1 saturated carbocycles. The van der Waals surface area contributed by atoms with E-state index in [0.29, 0.717) is 11.4 Å². The van der Waals surface area contributed by atoms with Gasteiger partial charge in [0.25, 0.3) is 5.89 Å². The van der Waals surface area contributed by atoms with Crippen LogP contribution in [0.5, 0.6) is 11.5 Å². The minimum Gasteiger partial charge on any atom is -0.508 e. The topological polar surface area (TPSA) is 79.4 Å². The zero-order valence-corrected chi connectivity index (χ0v) is 9.34. The Hall–Kier alpha value is -2.04. The molecule has 1 heterocycles. The molecule has 3 rings (SSSR count). The highest BCUT2D eigenvalue weighted by Crippen LogP contribution is 2.46. The Kier molecular flexibility index (Phi) is 1.92. The van der Waals surface area contributed by atoms with Gasteiger partial charge < -0.3 is 14.7 Å². The first kappa shape index (κ1) is 10.1. The van der Waals surface area contributed by atoms with Gasteiger partial charge in [-0.1, -0.05) is 12.1 Å². The summed E-state index contributed by atoms with van der Waals surface area (Å²) in [6, 6.07) is 4.27. The number of hydrogen-bond donors (Lipinski definition) is 2. The molecule has 1 fully saturated rings. The van der Waals surface area contributed by atoms with E-state index in [-0.39, 0.29) is 22.8 Å². The van der Waals surface area contributed by atoms with E-state index in [9.17, 15) is 10.2 Å². The smallest absolute Gasteiger partial charge is 0.261 e. The minimum atomic E-state index is -0.0684. The van der Waals surface area contributed by atoms with Crippen molar-refractivity contribution < 1.29 is 14.7 Å². The van der Waals surface area contributed by atoms with Gasteiger partial charge in [-0.05, 0) is 25.0 Å². The lowest BCUT2D eigenvalue weighted by Gasteiger charge is -2.00. The maximum atomic E-state index is 9.68. The minimum absolute atomic E-state index is 0.000133. The maximum absolute atomic E-state index is 9.68. The third-order valence-electron chi connectivity index (χ3n) is 3.18. The van der Waals surface area contributed by atoms with Crippen molar-refractivity contribution in [3.05, 3.63) is 24.0 Å². The summed E-state index contributed by atoms with van der Waals surface area (Å²) in [6.07, 6.45) is 2.13. The molecule has 1 aromatic carbocycles. The van der Waals surface area contributed by atoms with Gasteiger partial charge in [-0.3, -0.25) is 0 Å². The summed E-state index contributed by atoms with van der Waals surface area (Å²) in [5.41, 5.74) is 0.472. The summed E-state index contributed by atoms with van der Waals surface area (Å²) >= 11 is 0. The van der Waals surface area contributed by atoms with Gasteiger partial charge in [-0.25, -0.2) is 0 Å². The third-order valence-corrected chi connectivity index (χ3v) is 3.18. The lowest BCUT2D eigenvalue weighted by molar-refractivity contribution is 0.410. The summed E-state index contributed by atoms with van der Waals surface area (Å²) in [6.45, 7) is 2.08. The predicted molar refractivity (Wildman–Crippen MR) is 59.6 cm³/mol. The second-order valence-electron chi connectivity index (χ2n) is 4.69. The van der Waals surface area contributed by atoms with Gasteiger partial charge in [0.15, 0.2) is 5.82 Å². The lowest BCUT2D eigenvalue weighted by Crippen LogP contribution is -2.01. The average Bonchev–Trinajstić information content (AvgIpc) is 2.85. The van der Waals surface area contributed by atoms with Crippen LogP contribution in [0, 0.1) is 0 Å². The predicted octanol–water partition coefficient (Wildman–Crippen LogP) is 2.20. The quantitative estimate of drug-likeness (QED) is 0.829. The Morgan fingerprint density at radius 1 is 1.29 bits per heavy atom. The molecular weight excluding hydrogens is 220 g/mol. The molecule has 0 atom stereocenters. The van der Waals surface area contributed by atoms with Crippen molar-refractivity contribution >= 4 is 0 Å². The van der Waals surface area contributed by atoms with E-state index in [1.807, 2.05) is 0 Å². The number of rotatable bonds is 2. The molecule has 2 aromatic rings. The molecule has 0 spiro atoms. The molecule has 1 aromatic heterocycles. The van der Waals surface area contributed by atoms with Crippen LogP contribution in [0.2, 0.25) is 0 Å². The fraction of sp³-hybridized carbons (Fsp3) is 0.333. The summed E-state index contributed by atoms with van der Waals surface area (Å²) < 4.78 is 5.14. The second-order valence-corrected chi connectivity index (χ2v) is 4.69. The van der Waals surface area contributed by atoms with E-state index in [4.69, 9.17) is 4.52 Å². The van der Waals surface area contributed by atoms with E-state index in [1.54, 1.807) is 6.07 Å². The van der Waals surface area contributed by atoms with E-state index in [0.717, 1.165) is 12.8 Å². The third kappa shape index (κ3) is 1.63. The van der Waals surface area contributed by atoms with Gasteiger partial charge >= 0.3 is 0 Å². The van der Waals surface area contributed by atoms with Crippen molar-refractivity contribution in [1.82, 2.24) is 10.1 Å². The Balaban J connectivity index is 2.01. The first-order valence-electron chi connectivity index (χ1n) is 5.45. The highest BCUT2D eigenvalue weighted by atomic mass is 16.5. The number of benzene rings is 1. The van der Waals surface area contributed by atoms with Gasteiger partial charge in [0, 0.05) is 11.5 Å². The van der Waals surface area contributed by atoms with Crippen molar-refractivity contribution in [1.29, 1.82) is 0 Å². The molecule has 17 heavy (non-hydrogen) atoms. The molecule has 5 heteroatoms. The molecule has 1 aliphatic rings. The van der Waals surface area contributed by atoms with Crippen LogP contribution < -0.4 is 0 Å². The molecule has 2 N–H and O–H groups in total. The van der Waals surface area contributed by atoms with Crippen LogP contribution >= 0.6 is 0 Å². The first-order chi connectivity index (χ1) is 8.08. The van der Waals surface area contributed by atoms with Crippen LogP contribution in [-0.2, 0) is 5.41 Å². The summed E-state index contributed by atoms with van der Waals surface area (Å²) in [5.74, 6) is 0.895. The molecule has 88 valence electrons. The van der Waals surface area contributed by atoms with Crippen molar-refractivity contribution in [2.45, 2.75) is 25.2 Å². The Morgan fingerprint density at radius 2 is 2.06 bits per heavy atom. The molecule has 0 unspecified atom stereocenters. The Bertz CT molecular complexity index is 573. The lowest BCUT2D eigenvalue weighted by atomic mass is 10.1. The van der Waals surface area contributed by atoms with Gasteiger partial charge in [0.1, 0.15) is 11.5 Å². The van der Waals surface area contributed by atoms with Crippen molar-refractivity contribution in [3.63, 3.8) is 0 Å². The highest BCUT2D eigenvalue weighted by molar-refractivity contribution is 5.63. The monoisotopic (exact) mass is 232 g/mol. The van der Waals surface area contributed by atoms with Crippen LogP contribution in [-0.4, -0.2) is 20.4 Å². The van der Waals surface area contributed by atoms with Gasteiger partial charge in [-0.15, -0.1) is 0 Å². The fourth-order valence-corrected chi connectivity index (χ4v) is 1.69. The number of phenolic OH excluding ortho intramolecular Hbond substituents is 2. The summed E-state index contributed by atoms with van der Waals surface area (Å²) in [4.78, 5) is 4.29. The standard InChI is InChI=1S/C12H12N2O3/c1-12(4-5-12)11-13-10(17-14-11)8-3-2-7(15)6-9(8)16/h2-3,6,15-16H,4-5H2,1H3. The highest BCUT2D eigenvalue weighted by Gasteiger charge is 2.43. The normalized spacial score (nSPS) is 17.0. The fourth-order valence-electron chi connectivity index (χ4n) is 1.69. The Morgan fingerprint density at radius 3 is 2.71 bits per heavy atom. The summed E-state index contributed by atoms with van der Waals surface area (Å²) in [5, 5.41) is 22.8. The molecule has 0 bridgehead atoms. The van der Waals surface area contributed by atoms with Crippen LogP contribution in [0.15, 0.2) is 22.7 Å². The van der Waals surface area contributed by atoms with E-state index in [1.165, 1.54) is 12.1 Å². The summed E-state index contributed by atoms with van der Waals surface area (Å²) in [7, 11) is 0. The molecule has 0 amide bonds. The number of aromatic nitrogens is 2. The largest absolute Gasteiger partial charge is 0.508 e. The SMILES string of the molecule is CC1(c2noc(-c3ccc(O)cc3O)n2)CC1. The molecule has 0 radical (unpaired) electrons. The average molecular weight is 232 g/mol. The van der Waals surface area contributed by atoms with Crippen LogP contribution in [0.1, 0.15) is 25.6 Å². The van der Waals surface area contributed by atoms with Crippen molar-refractivity contribution in [2.24, 2.45) is 0 Å². The maximum Gasteiger partial charge on any atom is 0.261 e. The first-order valence-corrected chi connectivity index (χ1v) is 5.45. The zero-order chi connectivity index (χ0) is 12.0. The Labute approximate surface area is 97.7 Å². The molecule has 1 aliphatic carbocycles. The van der Waals surface area contributed by atoms with Crippen LogP contribution in [0.4, 0.5) is 0 Å². The number of nitrogens with zero attached hydrogens (tertiary/aromatic N) is 2. The number of hydrogen-bond acceptors (Lipinski definition) is 5. The van der Waals surface area contributed by atoms with Gasteiger partial charge in [-0.2, -0.15) is 4.98 Å². The van der Waals surface area contributed by atoms with E-state index >= 15 is 0 Å². The number of aromatic hydroxyl groups is 2. The zero-order valence-electron chi connectivity index (χ0n) is 9.34. The van der Waals surface area contributed by atoms with Gasteiger partial charge in [0.05, 0.1) is 5.56 Å². The molecule has 0 aliphatic heterocycles. The molecule has 0 saturated heterocycles. The van der Waals surface area contributed by atoms with E-state index < -0.39 is 0 Å². The molecular formula is C12H12N2O3. The van der Waals surface area contributed by atoms with Crippen molar-refractivity contribution in [2.75, 3.05) is 0 Å². The van der Waals surface area contributed by atoms with E-state index in [2.05, 4.69) is 17.1 Å². The van der Waals surface area contributed by atoms with Crippen LogP contribution in [0.25, 0.3) is 11.5 Å². The van der Waals surface area contributed by atoms with Crippen LogP contribution in [0.3, 0.4) is 0 Å². The van der Waals surface area contributed by atoms with Crippen molar-refractivity contribution in [3.8, 4) is 23.0 Å². The number of phenols is 2. The molecule has 5 nitrogen and oxygen atoms in total. The van der Waals surface area contributed by atoms with Gasteiger partial charge in [0.2, 0.25) is 0 Å². The second kappa shape index (κ2) is 3.23.